The first-order valence-corrected chi connectivity index (χ1v) is 8.44. The molecule has 1 aliphatic rings. The Morgan fingerprint density at radius 2 is 1.95 bits per heavy atom. The molecule has 1 amide bonds. The summed E-state index contributed by atoms with van der Waals surface area (Å²) < 4.78 is 0. The normalized spacial score (nSPS) is 19.9. The third-order valence-corrected chi connectivity index (χ3v) is 5.54. The van der Waals surface area contributed by atoms with E-state index in [1.54, 1.807) is 0 Å². The number of thiophene rings is 1. The van der Waals surface area contributed by atoms with Crippen LogP contribution in [0.1, 0.15) is 33.7 Å². The maximum atomic E-state index is 13.0. The molecule has 0 radical (unpaired) electrons. The number of rotatable bonds is 1. The molecule has 118 valence electrons. The van der Waals surface area contributed by atoms with Gasteiger partial charge >= 0.3 is 0 Å². The number of carbonyl (C=O) groups excluding carboxylic acids is 1. The van der Waals surface area contributed by atoms with E-state index in [1.165, 1.54) is 11.3 Å². The molecule has 2 aromatic heterocycles. The van der Waals surface area contributed by atoms with Gasteiger partial charge in [0.05, 0.1) is 4.88 Å². The number of hydrogen-bond donors (Lipinski definition) is 0. The van der Waals surface area contributed by atoms with Crippen LogP contribution in [0.15, 0.2) is 0 Å². The quantitative estimate of drug-likeness (QED) is 0.810. The predicted octanol–water partition coefficient (Wildman–Crippen LogP) is 2.39. The van der Waals surface area contributed by atoms with Gasteiger partial charge in [-0.05, 0) is 40.3 Å². The van der Waals surface area contributed by atoms with Crippen LogP contribution < -0.4 is 0 Å². The molecule has 1 fully saturated rings. The van der Waals surface area contributed by atoms with Gasteiger partial charge in [-0.1, -0.05) is 0 Å². The van der Waals surface area contributed by atoms with Crippen molar-refractivity contribution in [1.29, 1.82) is 0 Å². The van der Waals surface area contributed by atoms with Gasteiger partial charge in [0, 0.05) is 36.8 Å². The van der Waals surface area contributed by atoms with Crippen LogP contribution in [-0.4, -0.2) is 58.4 Å². The Bertz CT molecular complexity index is 739. The molecular weight excluding hydrogens is 296 g/mol. The zero-order valence-corrected chi connectivity index (χ0v) is 14.6. The highest BCUT2D eigenvalue weighted by atomic mass is 32.1. The van der Waals surface area contributed by atoms with E-state index in [1.807, 2.05) is 25.7 Å². The van der Waals surface area contributed by atoms with Gasteiger partial charge in [0.2, 0.25) is 0 Å². The Morgan fingerprint density at radius 3 is 2.64 bits per heavy atom. The number of amides is 1. The van der Waals surface area contributed by atoms with E-state index in [2.05, 4.69) is 28.8 Å². The molecule has 0 aromatic carbocycles. The summed E-state index contributed by atoms with van der Waals surface area (Å²) in [5.41, 5.74) is 1.98. The second-order valence-corrected chi connectivity index (χ2v) is 7.20. The molecule has 22 heavy (non-hydrogen) atoms. The molecular formula is C16H22N4OS. The van der Waals surface area contributed by atoms with Gasteiger partial charge in [-0.3, -0.25) is 4.79 Å². The van der Waals surface area contributed by atoms with Crippen molar-refractivity contribution in [2.45, 2.75) is 33.7 Å². The second-order valence-electron chi connectivity index (χ2n) is 6.20. The van der Waals surface area contributed by atoms with Crippen molar-refractivity contribution in [1.82, 2.24) is 19.8 Å². The topological polar surface area (TPSA) is 49.3 Å². The number of aryl methyl sites for hydroxylation is 3. The lowest BCUT2D eigenvalue weighted by atomic mass is 10.1. The highest BCUT2D eigenvalue weighted by Crippen LogP contribution is 2.32. The van der Waals surface area contributed by atoms with Crippen molar-refractivity contribution in [2.75, 3.05) is 26.7 Å². The van der Waals surface area contributed by atoms with Gasteiger partial charge in [0.15, 0.2) is 0 Å². The largest absolute Gasteiger partial charge is 0.333 e. The summed E-state index contributed by atoms with van der Waals surface area (Å²) in [6.45, 7) is 10.7. The average Bonchev–Trinajstić information content (AvgIpc) is 2.75. The minimum atomic E-state index is 0.137. The summed E-state index contributed by atoms with van der Waals surface area (Å²) in [6, 6.07) is 0.241. The predicted molar refractivity (Wildman–Crippen MR) is 89.6 cm³/mol. The molecule has 6 heteroatoms. The Balaban J connectivity index is 2.01. The lowest BCUT2D eigenvalue weighted by Crippen LogP contribution is -2.52. The van der Waals surface area contributed by atoms with E-state index in [-0.39, 0.29) is 11.9 Å². The molecule has 0 N–H and O–H groups in total. The van der Waals surface area contributed by atoms with Crippen molar-refractivity contribution in [3.8, 4) is 0 Å². The van der Waals surface area contributed by atoms with E-state index >= 15 is 0 Å². The molecule has 1 atom stereocenters. The number of aromatic nitrogens is 2. The van der Waals surface area contributed by atoms with Gasteiger partial charge in [-0.2, -0.15) is 0 Å². The van der Waals surface area contributed by atoms with Crippen LogP contribution in [0.4, 0.5) is 0 Å². The smallest absolute Gasteiger partial charge is 0.264 e. The minimum absolute atomic E-state index is 0.137. The van der Waals surface area contributed by atoms with Crippen LogP contribution in [0.3, 0.4) is 0 Å². The molecule has 3 rings (SSSR count). The minimum Gasteiger partial charge on any atom is -0.333 e. The molecule has 1 aliphatic heterocycles. The van der Waals surface area contributed by atoms with Crippen LogP contribution in [-0.2, 0) is 0 Å². The maximum Gasteiger partial charge on any atom is 0.264 e. The van der Waals surface area contributed by atoms with Crippen molar-refractivity contribution < 1.29 is 4.79 Å². The molecule has 0 bridgehead atoms. The fourth-order valence-corrected chi connectivity index (χ4v) is 4.48. The summed E-state index contributed by atoms with van der Waals surface area (Å²) in [5.74, 6) is 0.899. The maximum absolute atomic E-state index is 13.0. The van der Waals surface area contributed by atoms with E-state index in [4.69, 9.17) is 0 Å². The standard InChI is InChI=1S/C16H22N4OS/c1-9-8-19(5)6-7-20(9)16(21)14-10(2)13-11(3)17-12(4)18-15(13)22-14/h9H,6-8H2,1-5H3. The van der Waals surface area contributed by atoms with Crippen molar-refractivity contribution in [2.24, 2.45) is 0 Å². The molecule has 3 heterocycles. The number of piperazine rings is 1. The van der Waals surface area contributed by atoms with E-state index in [9.17, 15) is 4.79 Å². The SMILES string of the molecule is Cc1nc(C)c2c(C)c(C(=O)N3CCN(C)CC3C)sc2n1. The summed E-state index contributed by atoms with van der Waals surface area (Å²) in [6.07, 6.45) is 0. The van der Waals surface area contributed by atoms with Gasteiger partial charge in [-0.15, -0.1) is 11.3 Å². The molecule has 0 aliphatic carbocycles. The Kier molecular flexibility index (Phi) is 3.91. The van der Waals surface area contributed by atoms with E-state index < -0.39 is 0 Å². The molecule has 0 spiro atoms. The van der Waals surface area contributed by atoms with E-state index in [0.29, 0.717) is 0 Å². The highest BCUT2D eigenvalue weighted by molar-refractivity contribution is 7.20. The summed E-state index contributed by atoms with van der Waals surface area (Å²) in [5, 5.41) is 1.04. The fraction of sp³-hybridized carbons (Fsp3) is 0.562. The third-order valence-electron chi connectivity index (χ3n) is 4.37. The molecule has 1 saturated heterocycles. The number of likely N-dealkylation sites (N-methyl/N-ethyl adjacent to an activating group) is 1. The van der Waals surface area contributed by atoms with Gasteiger partial charge in [-0.25, -0.2) is 9.97 Å². The Morgan fingerprint density at radius 1 is 1.23 bits per heavy atom. The number of fused-ring (bicyclic) bond motifs is 1. The molecule has 1 unspecified atom stereocenters. The van der Waals surface area contributed by atoms with Gasteiger partial charge < -0.3 is 9.80 Å². The van der Waals surface area contributed by atoms with Crippen LogP contribution in [0.25, 0.3) is 10.2 Å². The van der Waals surface area contributed by atoms with Gasteiger partial charge in [0.25, 0.3) is 5.91 Å². The van der Waals surface area contributed by atoms with Crippen LogP contribution in [0.2, 0.25) is 0 Å². The van der Waals surface area contributed by atoms with E-state index in [0.717, 1.165) is 51.8 Å². The fourth-order valence-electron chi connectivity index (χ4n) is 3.25. The average molecular weight is 318 g/mol. The lowest BCUT2D eigenvalue weighted by Gasteiger charge is -2.38. The second kappa shape index (κ2) is 5.59. The highest BCUT2D eigenvalue weighted by Gasteiger charge is 2.29. The number of nitrogens with zero attached hydrogens (tertiary/aromatic N) is 4. The summed E-state index contributed by atoms with van der Waals surface area (Å²) in [4.78, 5) is 27.9. The molecule has 5 nitrogen and oxygen atoms in total. The first-order valence-electron chi connectivity index (χ1n) is 7.62. The van der Waals surface area contributed by atoms with Crippen LogP contribution in [0.5, 0.6) is 0 Å². The monoisotopic (exact) mass is 318 g/mol. The van der Waals surface area contributed by atoms with Crippen molar-refractivity contribution >= 4 is 27.5 Å². The van der Waals surface area contributed by atoms with Gasteiger partial charge in [0.1, 0.15) is 10.7 Å². The zero-order chi connectivity index (χ0) is 16.0. The molecule has 2 aromatic rings. The molecule has 0 saturated carbocycles. The Hall–Kier alpha value is -1.53. The lowest BCUT2D eigenvalue weighted by molar-refractivity contribution is 0.0538. The zero-order valence-electron chi connectivity index (χ0n) is 13.8. The summed E-state index contributed by atoms with van der Waals surface area (Å²) in [7, 11) is 2.10. The number of carbonyl (C=O) groups is 1. The van der Waals surface area contributed by atoms with Crippen LogP contribution >= 0.6 is 11.3 Å². The third kappa shape index (κ3) is 2.50. The Labute approximate surface area is 135 Å². The van der Waals surface area contributed by atoms with Crippen LogP contribution in [0, 0.1) is 20.8 Å². The number of hydrogen-bond acceptors (Lipinski definition) is 5. The first kappa shape index (κ1) is 15.4. The summed E-state index contributed by atoms with van der Waals surface area (Å²) >= 11 is 1.50. The van der Waals surface area contributed by atoms with Crippen molar-refractivity contribution in [3.63, 3.8) is 0 Å². The van der Waals surface area contributed by atoms with Crippen molar-refractivity contribution in [3.05, 3.63) is 22.0 Å². The first-order chi connectivity index (χ1) is 10.4.